The average molecular weight is 1450 g/mol. The van der Waals surface area contributed by atoms with Crippen LogP contribution in [0.2, 0.25) is 5.02 Å². The zero-order chi connectivity index (χ0) is 70.4. The molecule has 45 heteroatoms. The van der Waals surface area contributed by atoms with Crippen LogP contribution in [0.1, 0.15) is 40.0 Å². The summed E-state index contributed by atoms with van der Waals surface area (Å²) >= 11 is 8.17. The summed E-state index contributed by atoms with van der Waals surface area (Å²) < 4.78 is 153. The number of carboxylic acids is 2. The van der Waals surface area contributed by atoms with Crippen molar-refractivity contribution in [3.63, 3.8) is 0 Å². The minimum Gasteiger partial charge on any atom is -0.481 e. The Bertz CT molecular complexity index is 4100. The van der Waals surface area contributed by atoms with E-state index in [4.69, 9.17) is 41.9 Å². The second-order valence-corrected chi connectivity index (χ2v) is 26.3. The van der Waals surface area contributed by atoms with Gasteiger partial charge in [-0.3, -0.25) is 39.1 Å². The fourth-order valence-electron chi connectivity index (χ4n) is 6.85. The zero-order valence-corrected chi connectivity index (χ0v) is 54.2. The molecule has 1 aliphatic rings. The first-order valence-electron chi connectivity index (χ1n) is 25.7. The number of benzene rings is 2. The summed E-state index contributed by atoms with van der Waals surface area (Å²) in [6.45, 7) is -4.31. The minimum atomic E-state index is -4.71. The smallest absolute Gasteiger partial charge is 0.388 e. The van der Waals surface area contributed by atoms with Gasteiger partial charge in [0.2, 0.25) is 40.2 Å². The van der Waals surface area contributed by atoms with Crippen molar-refractivity contribution in [2.75, 3.05) is 64.6 Å². The number of carboxylic acid groups (broad SMARTS) is 2. The molecule has 7 rings (SSSR count). The van der Waals surface area contributed by atoms with Gasteiger partial charge >= 0.3 is 48.1 Å². The first-order valence-corrected chi connectivity index (χ1v) is 33.2. The van der Waals surface area contributed by atoms with Crippen molar-refractivity contribution >= 4 is 116 Å². The second-order valence-electron chi connectivity index (χ2n) is 18.2. The quantitative estimate of drug-likeness (QED) is 0.0201. The van der Waals surface area contributed by atoms with Crippen molar-refractivity contribution in [2.45, 2.75) is 66.4 Å². The van der Waals surface area contributed by atoms with E-state index in [1.165, 1.54) is 94.3 Å². The van der Waals surface area contributed by atoms with Crippen LogP contribution in [0.5, 0.6) is 23.5 Å². The van der Waals surface area contributed by atoms with Gasteiger partial charge in [0.1, 0.15) is 22.4 Å². The summed E-state index contributed by atoms with van der Waals surface area (Å²) in [6, 6.07) is 7.74. The third-order valence-corrected chi connectivity index (χ3v) is 17.1. The minimum absolute atomic E-state index is 0.0412. The zero-order valence-electron chi connectivity index (χ0n) is 49.3. The van der Waals surface area contributed by atoms with E-state index >= 15 is 0 Å². The number of nitrogens with two attached hydrogens (primary N) is 1. The number of rotatable bonds is 22. The van der Waals surface area contributed by atoms with Crippen molar-refractivity contribution < 1.29 is 111 Å². The van der Waals surface area contributed by atoms with Crippen molar-refractivity contribution in [1.82, 2.24) is 48.6 Å². The summed E-state index contributed by atoms with van der Waals surface area (Å²) in [4.78, 5) is 113. The molecule has 0 aliphatic carbocycles. The van der Waals surface area contributed by atoms with Crippen LogP contribution in [0.3, 0.4) is 0 Å². The lowest BCUT2D eigenvalue weighted by atomic mass is 10.2. The molecule has 1 aliphatic heterocycles. The fraction of sp³-hybridized carbons (Fsp3) is 0.327. The fourth-order valence-corrected chi connectivity index (χ4v) is 11.7. The monoisotopic (exact) mass is 1450 g/mol. The van der Waals surface area contributed by atoms with Gasteiger partial charge in [-0.25, -0.2) is 51.3 Å². The van der Waals surface area contributed by atoms with Crippen LogP contribution in [-0.4, -0.2) is 180 Å². The Labute approximate surface area is 541 Å². The Kier molecular flexibility index (Phi) is 29.0. The number of aromatic nitrogens is 7. The summed E-state index contributed by atoms with van der Waals surface area (Å²) in [6.07, 6.45) is 3.08. The number of pyridine rings is 1. The molecule has 2 aromatic carbocycles. The number of thioether (sulfide) groups is 1. The molecule has 4 aromatic heterocycles. The van der Waals surface area contributed by atoms with E-state index < -0.39 is 122 Å². The van der Waals surface area contributed by atoms with Crippen LogP contribution >= 0.6 is 42.1 Å². The number of nitrogens with zero attached hydrogens (tertiary/aromatic N) is 9. The number of esters is 1. The predicted octanol–water partition coefficient (Wildman–Crippen LogP) is 4.47. The van der Waals surface area contributed by atoms with E-state index in [0.29, 0.717) is 28.9 Å². The number of methoxy groups -OCH3 is 3. The molecule has 0 radical (unpaired) electrons. The Hall–Kier alpha value is -9.13. The number of nitrogens with one attached hydrogen (secondary N) is 4. The van der Waals surface area contributed by atoms with Gasteiger partial charge in [0.15, 0.2) is 12.4 Å². The van der Waals surface area contributed by atoms with Crippen LogP contribution in [0, 0.1) is 5.82 Å². The number of alkyl halides is 4. The van der Waals surface area contributed by atoms with E-state index in [0.717, 1.165) is 54.1 Å². The molecule has 9 N–H and O–H groups in total. The number of ether oxygens (including phenoxy) is 5. The molecule has 2 unspecified atom stereocenters. The van der Waals surface area contributed by atoms with Crippen molar-refractivity contribution in [3.05, 3.63) is 103 Å². The molecule has 6 aromatic rings. The number of carbonyl (C=O) groups is 6. The maximum Gasteiger partial charge on any atom is 0.388 e. The second kappa shape index (κ2) is 35.2. The molecule has 512 valence electrons. The van der Waals surface area contributed by atoms with Crippen LogP contribution in [0.15, 0.2) is 91.5 Å². The highest BCUT2D eigenvalue weighted by molar-refractivity contribution is 8.00. The van der Waals surface area contributed by atoms with E-state index in [2.05, 4.69) is 49.4 Å². The van der Waals surface area contributed by atoms with Crippen molar-refractivity contribution in [2.24, 2.45) is 10.7 Å². The highest BCUT2D eigenvalue weighted by Gasteiger charge is 2.29. The number of aliphatic carboxylic acids is 1. The first kappa shape index (κ1) is 77.3. The summed E-state index contributed by atoms with van der Waals surface area (Å²) in [5.41, 5.74) is 4.34. The van der Waals surface area contributed by atoms with Gasteiger partial charge in [-0.2, -0.15) is 45.9 Å². The Balaban J connectivity index is 0.000000278. The lowest BCUT2D eigenvalue weighted by Gasteiger charge is -2.15. The van der Waals surface area contributed by atoms with E-state index in [1.54, 1.807) is 19.4 Å². The number of sulfonamides is 2. The molecule has 0 spiro atoms. The maximum absolute atomic E-state index is 14.3. The van der Waals surface area contributed by atoms with Gasteiger partial charge in [0.25, 0.3) is 26.0 Å². The number of fused-ring (bicyclic) bond motifs is 1. The van der Waals surface area contributed by atoms with Gasteiger partial charge in [-0.1, -0.05) is 23.7 Å². The molecular weight excluding hydrogens is 1390 g/mol. The van der Waals surface area contributed by atoms with E-state index in [1.807, 2.05) is 0 Å². The Morgan fingerprint density at radius 2 is 1.33 bits per heavy atom. The molecule has 0 fully saturated rings. The van der Waals surface area contributed by atoms with Crippen LogP contribution < -0.4 is 54.4 Å². The molecule has 94 heavy (non-hydrogen) atoms. The topological polar surface area (TPSA) is 476 Å². The largest absolute Gasteiger partial charge is 0.481 e. The lowest BCUT2D eigenvalue weighted by molar-refractivity contribution is -0.139. The van der Waals surface area contributed by atoms with Crippen molar-refractivity contribution in [3.8, 4) is 23.5 Å². The standard InChI is InChI=1S/C15H15ClFN3O3S2.C15H18N6O6S.C14H10F4N4O7S.C5H12NO4P/c1-23-13(21)8-24-12-7-11(10(17)6-9(12)16)18-14-19-4-2-3-5-20(19)15(22)25-14;1-21(2)13(22)9-6-5-7-16-12(9)28(24,25)20-15(23)19-14-17-10(26-3)8-11(18-14)27-4;15-11(16)28-8-5-9(29-12(17)18)20-13(19-8)21-14(25)22-30(26,27)7-4-2-1-3-6(7)10(23)24;1-11(9,10)3-2-4(6)5(7)8/h6-7H,2-5,8H2,1H3;5-8H,1-4H3,(H2,17,18,19,20,23);1-5,11-12H,(H,23,24)(H2,19,20,21,22,25);4H,2-3,6H2,1H3,(H,7,8)(H,9,10). The van der Waals surface area contributed by atoms with E-state index in [9.17, 15) is 76.9 Å². The number of hydrogen-bond donors (Lipinski definition) is 8. The number of hydrogen-bond acceptors (Lipinski definition) is 26. The van der Waals surface area contributed by atoms with Gasteiger partial charge in [0, 0.05) is 51.1 Å². The highest BCUT2D eigenvalue weighted by Crippen LogP contribution is 2.36. The lowest BCUT2D eigenvalue weighted by Crippen LogP contribution is -2.36. The van der Waals surface area contributed by atoms with Crippen LogP contribution in [-0.2, 0) is 52.0 Å². The molecular formula is C49H55ClF5N14O20PS4. The summed E-state index contributed by atoms with van der Waals surface area (Å²) in [5.74, 6) is -7.18. The number of aromatic carboxylic acids is 1. The van der Waals surface area contributed by atoms with Crippen LogP contribution in [0.4, 0.5) is 49.1 Å². The predicted molar refractivity (Wildman–Crippen MR) is 321 cm³/mol. The summed E-state index contributed by atoms with van der Waals surface area (Å²) in [5, 5.41) is 20.8. The average Bonchev–Trinajstić information content (AvgIpc) is 1.36. The van der Waals surface area contributed by atoms with Gasteiger partial charge in [-0.05, 0) is 67.0 Å². The molecule has 0 saturated heterocycles. The third kappa shape index (κ3) is 24.4. The first-order chi connectivity index (χ1) is 44.0. The molecule has 5 amide bonds. The SMILES string of the molecule is COC(=O)CSc1cc(N=c2sc(=O)n3n2CCCC3)c(F)cc1Cl.COc1cc(OC)nc(NC(=O)NS(=O)(=O)c2ncccc2C(=O)N(C)C)n1.CP(=O)(O)CCC(N)C(=O)O.O=C(Nc1nc(OC(F)F)cc(OC(F)F)n1)NS(=O)(=O)c1ccccc1C(=O)O. The normalized spacial score (nSPS) is 12.8. The number of halogens is 6. The molecule has 0 saturated carbocycles. The van der Waals surface area contributed by atoms with E-state index in [-0.39, 0.29) is 57.2 Å². The van der Waals surface area contributed by atoms with Gasteiger partial charge in [0.05, 0.1) is 55.4 Å². The van der Waals surface area contributed by atoms with Gasteiger partial charge in [-0.15, -0.1) is 11.8 Å². The maximum atomic E-state index is 14.3. The molecule has 5 heterocycles. The number of amides is 5. The number of urea groups is 2. The number of anilines is 2. The van der Waals surface area contributed by atoms with Crippen molar-refractivity contribution in [1.29, 1.82) is 0 Å². The molecule has 0 bridgehead atoms. The number of carbonyl (C=O) groups excluding carboxylic acids is 4. The molecule has 34 nitrogen and oxygen atoms in total. The molecule has 2 atom stereocenters. The van der Waals surface area contributed by atoms with Crippen LogP contribution in [0.25, 0.3) is 0 Å². The van der Waals surface area contributed by atoms with Gasteiger partial charge < -0.3 is 49.4 Å². The Morgan fingerprint density at radius 3 is 1.84 bits per heavy atom. The summed E-state index contributed by atoms with van der Waals surface area (Å²) in [7, 11) is -5.37. The third-order valence-electron chi connectivity index (χ3n) is 11.0. The highest BCUT2D eigenvalue weighted by atomic mass is 35.5. The Morgan fingerprint density at radius 1 is 0.809 bits per heavy atom.